The SMILES string of the molecule is CC(NC(=O)COC(=O)c1cc2c(s1)-c1ccccc1OC2)c1cccs1. The summed E-state index contributed by atoms with van der Waals surface area (Å²) >= 11 is 2.94. The third-order valence-corrected chi connectivity index (χ3v) is 6.45. The van der Waals surface area contributed by atoms with Crippen molar-refractivity contribution in [2.24, 2.45) is 0 Å². The molecule has 1 unspecified atom stereocenters. The lowest BCUT2D eigenvalue weighted by Gasteiger charge is -2.16. The molecule has 0 aliphatic carbocycles. The quantitative estimate of drug-likeness (QED) is 0.646. The second-order valence-corrected chi connectivity index (χ2v) is 8.16. The van der Waals surface area contributed by atoms with Gasteiger partial charge in [0.1, 0.15) is 17.2 Å². The molecule has 0 fully saturated rings. The lowest BCUT2D eigenvalue weighted by atomic mass is 10.1. The number of thiophene rings is 2. The summed E-state index contributed by atoms with van der Waals surface area (Å²) < 4.78 is 10.9. The van der Waals surface area contributed by atoms with E-state index in [0.29, 0.717) is 11.5 Å². The summed E-state index contributed by atoms with van der Waals surface area (Å²) in [5.41, 5.74) is 1.94. The maximum absolute atomic E-state index is 12.4. The van der Waals surface area contributed by atoms with Gasteiger partial charge in [-0.05, 0) is 36.6 Å². The Hall–Kier alpha value is -2.64. The molecule has 7 heteroatoms. The Morgan fingerprint density at radius 3 is 2.93 bits per heavy atom. The largest absolute Gasteiger partial charge is 0.488 e. The molecular weight excluding hydrogens is 382 g/mol. The number of carbonyl (C=O) groups is 2. The smallest absolute Gasteiger partial charge is 0.348 e. The molecule has 0 spiro atoms. The van der Waals surface area contributed by atoms with Crippen LogP contribution in [-0.4, -0.2) is 18.5 Å². The van der Waals surface area contributed by atoms with Crippen molar-refractivity contribution >= 4 is 34.6 Å². The number of ether oxygens (including phenoxy) is 2. The van der Waals surface area contributed by atoms with Crippen LogP contribution in [0.4, 0.5) is 0 Å². The van der Waals surface area contributed by atoms with Gasteiger partial charge in [0, 0.05) is 20.9 Å². The molecule has 2 aromatic heterocycles. The normalized spacial score (nSPS) is 13.1. The van der Waals surface area contributed by atoms with Crippen molar-refractivity contribution in [1.29, 1.82) is 0 Å². The predicted molar refractivity (Wildman–Crippen MR) is 105 cm³/mol. The van der Waals surface area contributed by atoms with E-state index in [4.69, 9.17) is 9.47 Å². The highest BCUT2D eigenvalue weighted by Crippen LogP contribution is 2.42. The summed E-state index contributed by atoms with van der Waals surface area (Å²) in [7, 11) is 0. The molecule has 1 N–H and O–H groups in total. The number of benzene rings is 1. The van der Waals surface area contributed by atoms with Gasteiger partial charge in [-0.2, -0.15) is 0 Å². The fourth-order valence-electron chi connectivity index (χ4n) is 2.89. The fourth-order valence-corrected chi connectivity index (χ4v) is 4.72. The van der Waals surface area contributed by atoms with Crippen LogP contribution in [-0.2, 0) is 16.1 Å². The maximum Gasteiger partial charge on any atom is 0.348 e. The van der Waals surface area contributed by atoms with Gasteiger partial charge in [-0.15, -0.1) is 22.7 Å². The molecule has 138 valence electrons. The molecule has 27 heavy (non-hydrogen) atoms. The Labute approximate surface area is 164 Å². The highest BCUT2D eigenvalue weighted by Gasteiger charge is 2.23. The number of hydrogen-bond donors (Lipinski definition) is 1. The molecule has 0 radical (unpaired) electrons. The Balaban J connectivity index is 1.38. The Bertz CT molecular complexity index is 978. The minimum atomic E-state index is -0.495. The third-order valence-electron chi connectivity index (χ3n) is 4.21. The van der Waals surface area contributed by atoms with Gasteiger partial charge in [-0.3, -0.25) is 4.79 Å². The van der Waals surface area contributed by atoms with Crippen molar-refractivity contribution in [3.63, 3.8) is 0 Å². The number of para-hydroxylation sites is 1. The van der Waals surface area contributed by atoms with Gasteiger partial charge >= 0.3 is 5.97 Å². The molecule has 0 saturated heterocycles. The van der Waals surface area contributed by atoms with Crippen molar-refractivity contribution < 1.29 is 19.1 Å². The molecule has 1 amide bonds. The molecule has 1 aliphatic heterocycles. The molecule has 1 aliphatic rings. The van der Waals surface area contributed by atoms with E-state index in [1.165, 1.54) is 11.3 Å². The van der Waals surface area contributed by atoms with E-state index in [2.05, 4.69) is 5.32 Å². The highest BCUT2D eigenvalue weighted by molar-refractivity contribution is 7.17. The Morgan fingerprint density at radius 1 is 1.26 bits per heavy atom. The van der Waals surface area contributed by atoms with Crippen LogP contribution in [0.5, 0.6) is 5.75 Å². The van der Waals surface area contributed by atoms with E-state index in [1.54, 1.807) is 17.4 Å². The fraction of sp³-hybridized carbons (Fsp3) is 0.200. The summed E-state index contributed by atoms with van der Waals surface area (Å²) in [4.78, 5) is 26.9. The van der Waals surface area contributed by atoms with E-state index in [1.807, 2.05) is 48.7 Å². The molecule has 1 aromatic carbocycles. The molecular formula is C20H17NO4S2. The number of nitrogens with one attached hydrogen (secondary N) is 1. The summed E-state index contributed by atoms with van der Waals surface area (Å²) in [5.74, 6) is -0.00114. The first-order valence-corrected chi connectivity index (χ1v) is 10.2. The first kappa shape index (κ1) is 17.8. The van der Waals surface area contributed by atoms with Crippen molar-refractivity contribution in [3.05, 3.63) is 63.2 Å². The molecule has 1 atom stereocenters. The van der Waals surface area contributed by atoms with E-state index < -0.39 is 5.97 Å². The minimum Gasteiger partial charge on any atom is -0.488 e. The molecule has 5 nitrogen and oxygen atoms in total. The first-order valence-electron chi connectivity index (χ1n) is 8.46. The first-order chi connectivity index (χ1) is 13.1. The van der Waals surface area contributed by atoms with Crippen molar-refractivity contribution in [3.8, 4) is 16.2 Å². The zero-order valence-corrected chi connectivity index (χ0v) is 16.2. The minimum absolute atomic E-state index is 0.112. The summed E-state index contributed by atoms with van der Waals surface area (Å²) in [5, 5.41) is 4.79. The van der Waals surface area contributed by atoms with E-state index in [9.17, 15) is 9.59 Å². The van der Waals surface area contributed by atoms with Gasteiger partial charge < -0.3 is 14.8 Å². The number of esters is 1. The standard InChI is InChI=1S/C20H17NO4S2/c1-12(16-7-4-8-26-16)21-18(22)11-25-20(23)17-9-13-10-24-15-6-3-2-5-14(15)19(13)27-17/h2-9,12H,10-11H2,1H3,(H,21,22). The highest BCUT2D eigenvalue weighted by atomic mass is 32.1. The third kappa shape index (κ3) is 3.74. The second-order valence-electron chi connectivity index (χ2n) is 6.13. The average molecular weight is 399 g/mol. The topological polar surface area (TPSA) is 64.6 Å². The lowest BCUT2D eigenvalue weighted by Crippen LogP contribution is -2.30. The van der Waals surface area contributed by atoms with E-state index >= 15 is 0 Å². The van der Waals surface area contributed by atoms with Gasteiger partial charge in [-0.25, -0.2) is 4.79 Å². The second kappa shape index (κ2) is 7.54. The Kier molecular flexibility index (Phi) is 4.96. The maximum atomic E-state index is 12.4. The van der Waals surface area contributed by atoms with Crippen LogP contribution in [0.2, 0.25) is 0 Å². The summed E-state index contributed by atoms with van der Waals surface area (Å²) in [6.07, 6.45) is 0. The van der Waals surface area contributed by atoms with E-state index in [0.717, 1.165) is 26.6 Å². The zero-order valence-electron chi connectivity index (χ0n) is 14.6. The summed E-state index contributed by atoms with van der Waals surface area (Å²) in [6, 6.07) is 13.3. The monoisotopic (exact) mass is 399 g/mol. The van der Waals surface area contributed by atoms with Gasteiger partial charge in [-0.1, -0.05) is 18.2 Å². The summed E-state index contributed by atoms with van der Waals surface area (Å²) in [6.45, 7) is 2.02. The average Bonchev–Trinajstić information content (AvgIpc) is 3.35. The number of fused-ring (bicyclic) bond motifs is 3. The van der Waals surface area contributed by atoms with Crippen molar-refractivity contribution in [1.82, 2.24) is 5.32 Å². The molecule has 0 bridgehead atoms. The van der Waals surface area contributed by atoms with E-state index in [-0.39, 0.29) is 18.6 Å². The van der Waals surface area contributed by atoms with Crippen LogP contribution in [0, 0.1) is 0 Å². The van der Waals surface area contributed by atoms with Gasteiger partial charge in [0.15, 0.2) is 6.61 Å². The predicted octanol–water partition coefficient (Wildman–Crippen LogP) is 4.40. The van der Waals surface area contributed by atoms with Crippen LogP contribution in [0.15, 0.2) is 47.8 Å². The number of hydrogen-bond acceptors (Lipinski definition) is 6. The lowest BCUT2D eigenvalue weighted by molar-refractivity contribution is -0.124. The van der Waals surface area contributed by atoms with Crippen molar-refractivity contribution in [2.75, 3.05) is 6.61 Å². The van der Waals surface area contributed by atoms with Crippen molar-refractivity contribution in [2.45, 2.75) is 19.6 Å². The van der Waals surface area contributed by atoms with Gasteiger partial charge in [0.05, 0.1) is 6.04 Å². The number of amides is 1. The number of rotatable bonds is 5. The molecule has 3 heterocycles. The van der Waals surface area contributed by atoms with Crippen LogP contribution in [0.25, 0.3) is 10.4 Å². The number of carbonyl (C=O) groups excluding carboxylic acids is 2. The zero-order chi connectivity index (χ0) is 18.8. The van der Waals surface area contributed by atoms with Crippen LogP contribution < -0.4 is 10.1 Å². The molecule has 0 saturated carbocycles. The molecule has 3 aromatic rings. The van der Waals surface area contributed by atoms with Crippen LogP contribution in [0.3, 0.4) is 0 Å². The van der Waals surface area contributed by atoms with Gasteiger partial charge in [0.2, 0.25) is 0 Å². The van der Waals surface area contributed by atoms with Crippen LogP contribution in [0.1, 0.15) is 33.1 Å². The van der Waals surface area contributed by atoms with Crippen LogP contribution >= 0.6 is 22.7 Å². The van der Waals surface area contributed by atoms with Gasteiger partial charge in [0.25, 0.3) is 5.91 Å². The Morgan fingerprint density at radius 2 is 2.11 bits per heavy atom. The molecule has 4 rings (SSSR count).